The molecule has 0 saturated heterocycles. The van der Waals surface area contributed by atoms with Crippen LogP contribution in [-0.4, -0.2) is 43.7 Å². The van der Waals surface area contributed by atoms with Crippen LogP contribution in [0.2, 0.25) is 5.02 Å². The van der Waals surface area contributed by atoms with Crippen LogP contribution in [0.5, 0.6) is 5.75 Å². The maximum atomic E-state index is 13.7. The summed E-state index contributed by atoms with van der Waals surface area (Å²) in [7, 11) is 0. The number of anilines is 1. The topological polar surface area (TPSA) is 127 Å². The summed E-state index contributed by atoms with van der Waals surface area (Å²) in [4.78, 5) is 48.0. The van der Waals surface area contributed by atoms with Gasteiger partial charge in [-0.05, 0) is 65.2 Å². The van der Waals surface area contributed by atoms with Crippen LogP contribution in [0.15, 0.2) is 54.6 Å². The van der Waals surface area contributed by atoms with Crippen LogP contribution < -0.4 is 10.6 Å². The minimum atomic E-state index is -0.850. The lowest BCUT2D eigenvalue weighted by Gasteiger charge is -2.36. The number of carbonyl (C=O) groups excluding carboxylic acids is 3. The van der Waals surface area contributed by atoms with E-state index in [1.54, 1.807) is 54.6 Å². The number of hydrogen-bond acceptors (Lipinski definition) is 5. The van der Waals surface area contributed by atoms with Crippen molar-refractivity contribution in [1.29, 1.82) is 0 Å². The number of benzene rings is 3. The Hall–Kier alpha value is -4.37. The first-order valence-corrected chi connectivity index (χ1v) is 11.7. The van der Waals surface area contributed by atoms with Crippen molar-refractivity contribution in [1.82, 2.24) is 20.2 Å². The van der Waals surface area contributed by atoms with Crippen molar-refractivity contribution in [2.24, 2.45) is 0 Å². The molecule has 3 aromatic carbocycles. The predicted octanol–water partition coefficient (Wildman–Crippen LogP) is 3.37. The maximum Gasteiger partial charge on any atom is 0.254 e. The molecule has 0 saturated carbocycles. The SMILES string of the molecule is O=C1NCc2cc(C(=O)N3Cc4ccc(O)cc4CC3C(=O)Nc3nc4ccc(Cl)cc4[nH]3)ccc21. The van der Waals surface area contributed by atoms with Crippen LogP contribution in [0.4, 0.5) is 5.95 Å². The van der Waals surface area contributed by atoms with Gasteiger partial charge >= 0.3 is 0 Å². The summed E-state index contributed by atoms with van der Waals surface area (Å²) in [5.41, 5.74) is 4.64. The summed E-state index contributed by atoms with van der Waals surface area (Å²) in [5.74, 6) is -0.570. The second-order valence-electron chi connectivity index (χ2n) is 8.90. The van der Waals surface area contributed by atoms with E-state index in [4.69, 9.17) is 11.6 Å². The molecule has 0 fully saturated rings. The van der Waals surface area contributed by atoms with Crippen molar-refractivity contribution in [3.63, 3.8) is 0 Å². The zero-order valence-electron chi connectivity index (χ0n) is 18.8. The van der Waals surface area contributed by atoms with Gasteiger partial charge in [0.2, 0.25) is 11.9 Å². The molecule has 3 amide bonds. The number of rotatable bonds is 3. The summed E-state index contributed by atoms with van der Waals surface area (Å²) in [6, 6.07) is 14.2. The maximum absolute atomic E-state index is 13.7. The first-order chi connectivity index (χ1) is 17.4. The predicted molar refractivity (Wildman–Crippen MR) is 133 cm³/mol. The largest absolute Gasteiger partial charge is 0.508 e. The smallest absolute Gasteiger partial charge is 0.254 e. The Bertz CT molecular complexity index is 1580. The van der Waals surface area contributed by atoms with Gasteiger partial charge in [-0.2, -0.15) is 0 Å². The van der Waals surface area contributed by atoms with E-state index in [0.29, 0.717) is 33.7 Å². The molecule has 36 heavy (non-hydrogen) atoms. The number of H-pyrrole nitrogens is 1. The van der Waals surface area contributed by atoms with Crippen molar-refractivity contribution >= 4 is 46.3 Å². The molecule has 2 aliphatic heterocycles. The molecular formula is C26H20ClN5O4. The number of aromatic amines is 1. The Labute approximate surface area is 210 Å². The molecule has 0 aliphatic carbocycles. The average Bonchev–Trinajstić information content (AvgIpc) is 3.44. The van der Waals surface area contributed by atoms with Gasteiger partial charge in [-0.25, -0.2) is 4.98 Å². The highest BCUT2D eigenvalue weighted by Crippen LogP contribution is 2.29. The number of phenols is 1. The zero-order chi connectivity index (χ0) is 25.0. The highest BCUT2D eigenvalue weighted by atomic mass is 35.5. The fourth-order valence-corrected chi connectivity index (χ4v) is 4.96. The number of phenolic OH excluding ortho intramolecular Hbond substituents is 1. The fourth-order valence-electron chi connectivity index (χ4n) is 4.79. The third-order valence-electron chi connectivity index (χ3n) is 6.61. The average molecular weight is 502 g/mol. The number of halogens is 1. The van der Waals surface area contributed by atoms with E-state index in [-0.39, 0.29) is 36.5 Å². The van der Waals surface area contributed by atoms with Gasteiger partial charge in [0.25, 0.3) is 11.8 Å². The summed E-state index contributed by atoms with van der Waals surface area (Å²) < 4.78 is 0. The van der Waals surface area contributed by atoms with Gasteiger partial charge in [0.05, 0.1) is 11.0 Å². The molecule has 1 atom stereocenters. The monoisotopic (exact) mass is 501 g/mol. The second kappa shape index (κ2) is 8.39. The van der Waals surface area contributed by atoms with E-state index in [9.17, 15) is 19.5 Å². The number of carbonyl (C=O) groups is 3. The van der Waals surface area contributed by atoms with Gasteiger partial charge in [0.1, 0.15) is 11.8 Å². The zero-order valence-corrected chi connectivity index (χ0v) is 19.6. The van der Waals surface area contributed by atoms with E-state index in [1.165, 1.54) is 4.90 Å². The third kappa shape index (κ3) is 3.83. The van der Waals surface area contributed by atoms with Crippen LogP contribution in [-0.2, 0) is 24.3 Å². The minimum absolute atomic E-state index is 0.0950. The van der Waals surface area contributed by atoms with Gasteiger partial charge < -0.3 is 20.3 Å². The van der Waals surface area contributed by atoms with Crippen LogP contribution in [0.3, 0.4) is 0 Å². The Morgan fingerprint density at radius 1 is 1.06 bits per heavy atom. The molecule has 4 aromatic rings. The number of imidazole rings is 1. The molecule has 1 unspecified atom stereocenters. The summed E-state index contributed by atoms with van der Waals surface area (Å²) in [5, 5.41) is 16.1. The van der Waals surface area contributed by atoms with E-state index >= 15 is 0 Å². The van der Waals surface area contributed by atoms with Crippen molar-refractivity contribution in [2.75, 3.05) is 5.32 Å². The first kappa shape index (κ1) is 22.1. The van der Waals surface area contributed by atoms with E-state index in [1.807, 2.05) is 0 Å². The number of fused-ring (bicyclic) bond motifs is 3. The standard InChI is InChI=1S/C26H20ClN5O4/c27-17-3-6-20-21(10-17)30-26(29-20)31-24(35)22-9-15-8-18(33)4-1-14(15)12-32(22)25(36)13-2-5-19-16(7-13)11-28-23(19)34/h1-8,10,22,33H,9,11-12H2,(H,28,34)(H2,29,30,31,35). The molecule has 10 heteroatoms. The quantitative estimate of drug-likeness (QED) is 0.342. The highest BCUT2D eigenvalue weighted by Gasteiger charge is 2.36. The molecule has 0 spiro atoms. The molecule has 0 bridgehead atoms. The highest BCUT2D eigenvalue weighted by molar-refractivity contribution is 6.31. The minimum Gasteiger partial charge on any atom is -0.508 e. The van der Waals surface area contributed by atoms with Gasteiger partial charge in [-0.1, -0.05) is 17.7 Å². The lowest BCUT2D eigenvalue weighted by atomic mass is 9.92. The molecule has 1 aromatic heterocycles. The number of aromatic nitrogens is 2. The lowest BCUT2D eigenvalue weighted by Crippen LogP contribution is -2.50. The molecule has 9 nitrogen and oxygen atoms in total. The summed E-state index contributed by atoms with van der Waals surface area (Å²) >= 11 is 6.05. The molecule has 6 rings (SSSR count). The number of aromatic hydroxyl groups is 1. The molecule has 180 valence electrons. The summed E-state index contributed by atoms with van der Waals surface area (Å²) in [6.07, 6.45) is 0.221. The Morgan fingerprint density at radius 3 is 2.78 bits per heavy atom. The van der Waals surface area contributed by atoms with Gasteiger partial charge in [0.15, 0.2) is 0 Å². The molecular weight excluding hydrogens is 482 g/mol. The molecule has 0 radical (unpaired) electrons. The van der Waals surface area contributed by atoms with Crippen LogP contribution in [0.25, 0.3) is 11.0 Å². The van der Waals surface area contributed by atoms with E-state index < -0.39 is 11.9 Å². The molecule has 2 aliphatic rings. The number of nitrogens with zero attached hydrogens (tertiary/aromatic N) is 2. The van der Waals surface area contributed by atoms with Crippen molar-refractivity contribution in [3.8, 4) is 5.75 Å². The Morgan fingerprint density at radius 2 is 1.92 bits per heavy atom. The number of hydrogen-bond donors (Lipinski definition) is 4. The second-order valence-corrected chi connectivity index (χ2v) is 9.33. The molecule has 3 heterocycles. The van der Waals surface area contributed by atoms with Crippen molar-refractivity contribution in [2.45, 2.75) is 25.6 Å². The normalized spacial score (nSPS) is 16.4. The van der Waals surface area contributed by atoms with Gasteiger partial charge in [-0.3, -0.25) is 19.7 Å². The van der Waals surface area contributed by atoms with E-state index in [2.05, 4.69) is 20.6 Å². The Kier molecular flexibility index (Phi) is 5.15. The van der Waals surface area contributed by atoms with Crippen LogP contribution >= 0.6 is 11.6 Å². The number of amides is 3. The van der Waals surface area contributed by atoms with Crippen molar-refractivity contribution < 1.29 is 19.5 Å². The molecule has 4 N–H and O–H groups in total. The first-order valence-electron chi connectivity index (χ1n) is 11.3. The lowest BCUT2D eigenvalue weighted by molar-refractivity contribution is -0.121. The van der Waals surface area contributed by atoms with Crippen LogP contribution in [0, 0.1) is 0 Å². The van der Waals surface area contributed by atoms with Crippen LogP contribution in [0.1, 0.15) is 37.4 Å². The third-order valence-corrected chi connectivity index (χ3v) is 6.84. The Balaban J connectivity index is 1.33. The van der Waals surface area contributed by atoms with E-state index in [0.717, 1.165) is 16.7 Å². The van der Waals surface area contributed by atoms with Crippen molar-refractivity contribution in [3.05, 3.63) is 87.4 Å². The fraction of sp³-hybridized carbons (Fsp3) is 0.154. The van der Waals surface area contributed by atoms with Gasteiger partial charge in [-0.15, -0.1) is 0 Å². The number of nitrogens with one attached hydrogen (secondary N) is 3. The van der Waals surface area contributed by atoms with Gasteiger partial charge in [0, 0.05) is 35.7 Å². The summed E-state index contributed by atoms with van der Waals surface area (Å²) in [6.45, 7) is 0.550.